The van der Waals surface area contributed by atoms with Crippen molar-refractivity contribution in [1.29, 1.82) is 5.26 Å². The van der Waals surface area contributed by atoms with Gasteiger partial charge in [-0.15, -0.1) is 0 Å². The predicted molar refractivity (Wildman–Crippen MR) is 158 cm³/mol. The summed E-state index contributed by atoms with van der Waals surface area (Å²) in [5.74, 6) is 0.258. The number of nitrogens with one attached hydrogen (secondary N) is 1. The van der Waals surface area contributed by atoms with Gasteiger partial charge in [0.15, 0.2) is 5.43 Å². The third-order valence-corrected chi connectivity index (χ3v) is 8.02. The first-order chi connectivity index (χ1) is 20.3. The number of hydrogen-bond donors (Lipinski definition) is 1. The molecule has 0 amide bonds. The molecule has 1 aliphatic rings. The Morgan fingerprint density at radius 1 is 1.12 bits per heavy atom. The van der Waals surface area contributed by atoms with Gasteiger partial charge in [0, 0.05) is 35.7 Å². The normalized spacial score (nSPS) is 14.4. The van der Waals surface area contributed by atoms with E-state index in [1.54, 1.807) is 36.4 Å². The number of aromatic amines is 1. The van der Waals surface area contributed by atoms with Gasteiger partial charge in [-0.2, -0.15) is 13.7 Å². The molecule has 1 saturated heterocycles. The van der Waals surface area contributed by atoms with Crippen molar-refractivity contribution in [3.05, 3.63) is 70.4 Å². The molecule has 6 rings (SSSR count). The minimum atomic E-state index is -5.22. The van der Waals surface area contributed by atoms with E-state index < -0.39 is 10.5 Å². The van der Waals surface area contributed by atoms with Gasteiger partial charge in [0.05, 0.1) is 34.5 Å². The van der Waals surface area contributed by atoms with E-state index in [0.717, 1.165) is 31.1 Å². The molecule has 0 bridgehead atoms. The van der Waals surface area contributed by atoms with Crippen LogP contribution in [0.2, 0.25) is 0 Å². The molecule has 3 heterocycles. The smallest absolute Gasteiger partial charge is 0.488 e. The molecule has 0 saturated carbocycles. The lowest BCUT2D eigenvalue weighted by molar-refractivity contribution is 0.0715. The number of ether oxygens (including phenoxy) is 2. The Labute approximate surface area is 241 Å². The number of hydrogen-bond acceptors (Lipinski definition) is 7. The van der Waals surface area contributed by atoms with Crippen LogP contribution in [-0.2, 0) is 15.2 Å². The van der Waals surface area contributed by atoms with Gasteiger partial charge in [-0.3, -0.25) is 4.79 Å². The molecule has 3 aromatic carbocycles. The van der Waals surface area contributed by atoms with E-state index in [0.29, 0.717) is 69.7 Å². The fourth-order valence-corrected chi connectivity index (χ4v) is 6.03. The van der Waals surface area contributed by atoms with Gasteiger partial charge in [-0.25, -0.2) is 0 Å². The molecule has 5 aromatic rings. The van der Waals surface area contributed by atoms with Crippen molar-refractivity contribution in [2.24, 2.45) is 0 Å². The van der Waals surface area contributed by atoms with Crippen LogP contribution in [0.15, 0.2) is 59.4 Å². The van der Waals surface area contributed by atoms with Gasteiger partial charge in [0.1, 0.15) is 17.1 Å². The molecule has 0 radical (unpaired) electrons. The zero-order valence-corrected chi connectivity index (χ0v) is 23.7. The summed E-state index contributed by atoms with van der Waals surface area (Å²) in [4.78, 5) is 17.6. The number of halogens is 1. The molecule has 42 heavy (non-hydrogen) atoms. The number of aromatic nitrogens is 2. The highest BCUT2D eigenvalue weighted by atomic mass is 32.3. The van der Waals surface area contributed by atoms with Crippen LogP contribution in [0.5, 0.6) is 11.5 Å². The van der Waals surface area contributed by atoms with E-state index >= 15 is 0 Å². The fraction of sp³-hybridized carbons (Fsp3) is 0.290. The first-order valence-electron chi connectivity index (χ1n) is 13.8. The number of fused-ring (bicyclic) bond motifs is 4. The number of rotatable bonds is 8. The summed E-state index contributed by atoms with van der Waals surface area (Å²) < 4.78 is 54.2. The van der Waals surface area contributed by atoms with Crippen LogP contribution in [0.4, 0.5) is 3.89 Å². The lowest BCUT2D eigenvalue weighted by Crippen LogP contribution is -2.22. The number of pyridine rings is 1. The lowest BCUT2D eigenvalue weighted by Gasteiger charge is -2.28. The third kappa shape index (κ3) is 5.19. The maximum atomic E-state index is 14.2. The van der Waals surface area contributed by atoms with Crippen LogP contribution in [-0.4, -0.2) is 37.8 Å². The second-order valence-electron chi connectivity index (χ2n) is 10.3. The van der Waals surface area contributed by atoms with Crippen LogP contribution >= 0.6 is 0 Å². The Hall–Kier alpha value is -4.40. The van der Waals surface area contributed by atoms with Crippen molar-refractivity contribution in [3.63, 3.8) is 0 Å². The van der Waals surface area contributed by atoms with E-state index in [-0.39, 0.29) is 17.2 Å². The summed E-state index contributed by atoms with van der Waals surface area (Å²) in [5, 5.41) is 11.2. The first kappa shape index (κ1) is 27.8. The average Bonchev–Trinajstić information content (AvgIpc) is 3.35. The molecule has 0 atom stereocenters. The van der Waals surface area contributed by atoms with Crippen LogP contribution in [0.25, 0.3) is 44.0 Å². The summed E-state index contributed by atoms with van der Waals surface area (Å²) >= 11 is 0. The third-order valence-electron chi connectivity index (χ3n) is 7.63. The zero-order valence-electron chi connectivity index (χ0n) is 22.9. The highest BCUT2D eigenvalue weighted by Crippen LogP contribution is 2.39. The number of unbranched alkanes of at least 4 members (excludes halogenated alkanes) is 1. The van der Waals surface area contributed by atoms with E-state index in [1.807, 2.05) is 13.0 Å². The topological polar surface area (TPSA) is 123 Å². The van der Waals surface area contributed by atoms with Gasteiger partial charge < -0.3 is 23.2 Å². The molecule has 11 heteroatoms. The molecule has 0 spiro atoms. The fourth-order valence-electron chi connectivity index (χ4n) is 5.69. The highest BCUT2D eigenvalue weighted by molar-refractivity contribution is 7.81. The number of H-pyrrole nitrogens is 1. The van der Waals surface area contributed by atoms with Gasteiger partial charge in [-0.1, -0.05) is 35.4 Å². The van der Waals surface area contributed by atoms with Gasteiger partial charge in [0.25, 0.3) is 0 Å². The maximum absolute atomic E-state index is 14.2. The quantitative estimate of drug-likeness (QED) is 0.166. The highest BCUT2D eigenvalue weighted by Gasteiger charge is 2.25. The Morgan fingerprint density at radius 3 is 2.67 bits per heavy atom. The molecule has 9 nitrogen and oxygen atoms in total. The van der Waals surface area contributed by atoms with Crippen LogP contribution < -0.4 is 14.3 Å². The molecule has 2 aromatic heterocycles. The summed E-state index contributed by atoms with van der Waals surface area (Å²) in [6, 6.07) is 17.1. The minimum Gasteiger partial charge on any atom is -0.493 e. The first-order valence-corrected chi connectivity index (χ1v) is 15.1. The Morgan fingerprint density at radius 2 is 1.93 bits per heavy atom. The summed E-state index contributed by atoms with van der Waals surface area (Å²) in [6.07, 6.45) is 3.15. The molecule has 1 aliphatic heterocycles. The molecular formula is C31H28FN3O6S. The van der Waals surface area contributed by atoms with E-state index in [2.05, 4.69) is 19.8 Å². The molecular weight excluding hydrogens is 561 g/mol. The van der Waals surface area contributed by atoms with Crippen molar-refractivity contribution in [3.8, 4) is 28.7 Å². The second kappa shape index (κ2) is 11.1. The molecule has 216 valence electrons. The van der Waals surface area contributed by atoms with E-state index in [1.165, 1.54) is 12.1 Å². The van der Waals surface area contributed by atoms with Crippen molar-refractivity contribution < 1.29 is 26.0 Å². The Balaban J connectivity index is 1.68. The maximum Gasteiger partial charge on any atom is 0.488 e. The minimum absolute atomic E-state index is 0.0129. The van der Waals surface area contributed by atoms with Crippen LogP contribution in [0.3, 0.4) is 0 Å². The monoisotopic (exact) mass is 589 g/mol. The largest absolute Gasteiger partial charge is 0.493 e. The summed E-state index contributed by atoms with van der Waals surface area (Å²) in [7, 11) is -5.22. The van der Waals surface area contributed by atoms with Gasteiger partial charge in [-0.05, 0) is 61.2 Å². The van der Waals surface area contributed by atoms with E-state index in [9.17, 15) is 22.4 Å². The Kier molecular flexibility index (Phi) is 7.35. The zero-order chi connectivity index (χ0) is 29.4. The molecule has 1 N–H and O–H groups in total. The van der Waals surface area contributed by atoms with E-state index in [4.69, 9.17) is 9.47 Å². The predicted octanol–water partition coefficient (Wildman–Crippen LogP) is 6.30. The van der Waals surface area contributed by atoms with Crippen molar-refractivity contribution >= 4 is 43.3 Å². The lowest BCUT2D eigenvalue weighted by atomic mass is 9.99. The summed E-state index contributed by atoms with van der Waals surface area (Å²) in [5.41, 5.74) is 3.44. The average molecular weight is 590 g/mol. The standard InChI is InChI=1S/C31H28FN3O6S/c1-2-3-11-40-28-17-25-27(16-24(28)20-5-4-6-22(15-20)41-42(32,37)38)35(21-9-12-39-13-10-21)31-29(30(25)36)23-8-7-19(18-33)14-26(23)34-31/h4-8,14-17,21,34H,2-3,9-13H2,1H3. The van der Waals surface area contributed by atoms with Gasteiger partial charge in [0.2, 0.25) is 0 Å². The molecule has 0 unspecified atom stereocenters. The van der Waals surface area contributed by atoms with Crippen LogP contribution in [0.1, 0.15) is 44.2 Å². The number of nitrogens with zero attached hydrogens (tertiary/aromatic N) is 2. The van der Waals surface area contributed by atoms with Crippen molar-refractivity contribution in [2.75, 3.05) is 19.8 Å². The number of nitriles is 1. The molecule has 1 fully saturated rings. The Bertz CT molecular complexity index is 2040. The SMILES string of the molecule is CCCCOc1cc2c(=O)c3c4ccc(C#N)cc4[nH]c3n(C3CCOCC3)c2cc1-c1cccc(OS(=O)(=O)F)c1. The van der Waals surface area contributed by atoms with Crippen molar-refractivity contribution in [2.45, 2.75) is 38.6 Å². The summed E-state index contributed by atoms with van der Waals surface area (Å²) in [6.45, 7) is 3.59. The van der Waals surface area contributed by atoms with Crippen LogP contribution in [0, 0.1) is 11.3 Å². The number of benzene rings is 3. The second-order valence-corrected chi connectivity index (χ2v) is 11.3. The van der Waals surface area contributed by atoms with Crippen molar-refractivity contribution in [1.82, 2.24) is 9.55 Å². The van der Waals surface area contributed by atoms with Gasteiger partial charge >= 0.3 is 10.5 Å². The molecule has 0 aliphatic carbocycles.